The SMILES string of the molecule is O=C(Cc1ccccc1)NC(CC1CC1)C(=O)O. The summed E-state index contributed by atoms with van der Waals surface area (Å²) in [6.45, 7) is 0. The van der Waals surface area contributed by atoms with Crippen LogP contribution in [-0.4, -0.2) is 23.0 Å². The van der Waals surface area contributed by atoms with Gasteiger partial charge in [-0.1, -0.05) is 43.2 Å². The second kappa shape index (κ2) is 5.67. The van der Waals surface area contributed by atoms with Crippen molar-refractivity contribution < 1.29 is 14.7 Å². The van der Waals surface area contributed by atoms with E-state index in [9.17, 15) is 9.59 Å². The number of hydrogen-bond donors (Lipinski definition) is 2. The highest BCUT2D eigenvalue weighted by Gasteiger charge is 2.30. The summed E-state index contributed by atoms with van der Waals surface area (Å²) in [5.41, 5.74) is 0.894. The largest absolute Gasteiger partial charge is 0.480 e. The number of carbonyl (C=O) groups excluding carboxylic acids is 1. The van der Waals surface area contributed by atoms with Gasteiger partial charge < -0.3 is 10.4 Å². The smallest absolute Gasteiger partial charge is 0.326 e. The van der Waals surface area contributed by atoms with Gasteiger partial charge in [0.05, 0.1) is 6.42 Å². The zero-order valence-electron chi connectivity index (χ0n) is 10.1. The standard InChI is InChI=1S/C14H17NO3/c16-13(9-10-4-2-1-3-5-10)15-12(14(17)18)8-11-6-7-11/h1-5,11-12H,6-9H2,(H,15,16)(H,17,18). The van der Waals surface area contributed by atoms with Gasteiger partial charge in [-0.15, -0.1) is 0 Å². The number of amides is 1. The maximum absolute atomic E-state index is 11.8. The van der Waals surface area contributed by atoms with E-state index < -0.39 is 12.0 Å². The van der Waals surface area contributed by atoms with E-state index in [1.165, 1.54) is 0 Å². The minimum absolute atomic E-state index is 0.228. The van der Waals surface area contributed by atoms with E-state index in [4.69, 9.17) is 5.11 Å². The van der Waals surface area contributed by atoms with Crippen molar-refractivity contribution in [2.45, 2.75) is 31.7 Å². The fraction of sp³-hybridized carbons (Fsp3) is 0.429. The van der Waals surface area contributed by atoms with Crippen LogP contribution in [0.5, 0.6) is 0 Å². The highest BCUT2D eigenvalue weighted by Crippen LogP contribution is 2.33. The van der Waals surface area contributed by atoms with Crippen LogP contribution in [0.1, 0.15) is 24.8 Å². The molecule has 4 heteroatoms. The lowest BCUT2D eigenvalue weighted by Crippen LogP contribution is -2.41. The van der Waals surface area contributed by atoms with Gasteiger partial charge in [-0.2, -0.15) is 0 Å². The monoisotopic (exact) mass is 247 g/mol. The Morgan fingerprint density at radius 3 is 2.50 bits per heavy atom. The molecule has 4 nitrogen and oxygen atoms in total. The predicted octanol–water partition coefficient (Wildman–Crippen LogP) is 1.60. The number of carbonyl (C=O) groups is 2. The second-order valence-corrected chi connectivity index (χ2v) is 4.80. The first kappa shape index (κ1) is 12.6. The summed E-state index contributed by atoms with van der Waals surface area (Å²) in [4.78, 5) is 22.8. The first-order valence-corrected chi connectivity index (χ1v) is 6.21. The normalized spacial score (nSPS) is 16.0. The van der Waals surface area contributed by atoms with Gasteiger partial charge in [-0.3, -0.25) is 4.79 Å². The number of carboxylic acid groups (broad SMARTS) is 1. The van der Waals surface area contributed by atoms with Gasteiger partial charge in [0.2, 0.25) is 5.91 Å². The Kier molecular flexibility index (Phi) is 3.97. The summed E-state index contributed by atoms with van der Waals surface area (Å²) in [7, 11) is 0. The Morgan fingerprint density at radius 2 is 1.94 bits per heavy atom. The number of rotatable bonds is 6. The highest BCUT2D eigenvalue weighted by atomic mass is 16.4. The average molecular weight is 247 g/mol. The van der Waals surface area contributed by atoms with Crippen molar-refractivity contribution in [3.8, 4) is 0 Å². The molecule has 1 atom stereocenters. The number of hydrogen-bond acceptors (Lipinski definition) is 2. The van der Waals surface area contributed by atoms with Crippen LogP contribution in [0.15, 0.2) is 30.3 Å². The molecule has 18 heavy (non-hydrogen) atoms. The fourth-order valence-electron chi connectivity index (χ4n) is 1.93. The van der Waals surface area contributed by atoms with Crippen molar-refractivity contribution in [1.82, 2.24) is 5.32 Å². The van der Waals surface area contributed by atoms with Crippen molar-refractivity contribution in [1.29, 1.82) is 0 Å². The maximum atomic E-state index is 11.8. The van der Waals surface area contributed by atoms with E-state index in [0.717, 1.165) is 18.4 Å². The Bertz CT molecular complexity index is 426. The Balaban J connectivity index is 1.86. The zero-order chi connectivity index (χ0) is 13.0. The van der Waals surface area contributed by atoms with Crippen LogP contribution in [0.3, 0.4) is 0 Å². The topological polar surface area (TPSA) is 66.4 Å². The molecule has 1 aliphatic rings. The molecule has 1 fully saturated rings. The molecule has 1 aromatic carbocycles. The molecule has 0 bridgehead atoms. The molecule has 1 aliphatic carbocycles. The van der Waals surface area contributed by atoms with Crippen LogP contribution >= 0.6 is 0 Å². The molecule has 0 radical (unpaired) electrons. The Morgan fingerprint density at radius 1 is 1.28 bits per heavy atom. The van der Waals surface area contributed by atoms with E-state index >= 15 is 0 Å². The van der Waals surface area contributed by atoms with Gasteiger partial charge in [-0.05, 0) is 17.9 Å². The summed E-state index contributed by atoms with van der Waals surface area (Å²) in [6, 6.07) is 8.58. The second-order valence-electron chi connectivity index (χ2n) is 4.80. The van der Waals surface area contributed by atoms with Crippen LogP contribution in [0, 0.1) is 5.92 Å². The van der Waals surface area contributed by atoms with E-state index in [-0.39, 0.29) is 12.3 Å². The summed E-state index contributed by atoms with van der Waals surface area (Å²) in [5, 5.41) is 11.6. The molecule has 1 saturated carbocycles. The van der Waals surface area contributed by atoms with Crippen LogP contribution in [0.2, 0.25) is 0 Å². The summed E-state index contributed by atoms with van der Waals surface area (Å²) >= 11 is 0. The van der Waals surface area contributed by atoms with Gasteiger partial charge in [0.25, 0.3) is 0 Å². The number of nitrogens with one attached hydrogen (secondary N) is 1. The van der Waals surface area contributed by atoms with E-state index in [1.54, 1.807) is 0 Å². The number of benzene rings is 1. The van der Waals surface area contributed by atoms with Gasteiger partial charge in [0, 0.05) is 0 Å². The average Bonchev–Trinajstić information content (AvgIpc) is 3.13. The molecule has 0 aromatic heterocycles. The first-order chi connectivity index (χ1) is 8.65. The van der Waals surface area contributed by atoms with Crippen LogP contribution < -0.4 is 5.32 Å². The van der Waals surface area contributed by atoms with Crippen molar-refractivity contribution >= 4 is 11.9 Å². The lowest BCUT2D eigenvalue weighted by Gasteiger charge is -2.14. The fourth-order valence-corrected chi connectivity index (χ4v) is 1.93. The third kappa shape index (κ3) is 3.87. The third-order valence-corrected chi connectivity index (χ3v) is 3.11. The molecule has 2 rings (SSSR count). The molecule has 0 spiro atoms. The molecule has 0 heterocycles. The molecule has 0 aliphatic heterocycles. The van der Waals surface area contributed by atoms with Crippen molar-refractivity contribution in [3.63, 3.8) is 0 Å². The molecular formula is C14H17NO3. The first-order valence-electron chi connectivity index (χ1n) is 6.21. The quantitative estimate of drug-likeness (QED) is 0.802. The van der Waals surface area contributed by atoms with Crippen LogP contribution in [0.4, 0.5) is 0 Å². The minimum Gasteiger partial charge on any atom is -0.480 e. The highest BCUT2D eigenvalue weighted by molar-refractivity contribution is 5.84. The molecule has 2 N–H and O–H groups in total. The van der Waals surface area contributed by atoms with Crippen LogP contribution in [0.25, 0.3) is 0 Å². The summed E-state index contributed by atoms with van der Waals surface area (Å²) in [5.74, 6) is -0.694. The van der Waals surface area contributed by atoms with E-state index in [0.29, 0.717) is 12.3 Å². The van der Waals surface area contributed by atoms with Gasteiger partial charge in [0.1, 0.15) is 6.04 Å². The lowest BCUT2D eigenvalue weighted by atomic mass is 10.1. The Hall–Kier alpha value is -1.84. The molecule has 0 saturated heterocycles. The molecule has 1 unspecified atom stereocenters. The minimum atomic E-state index is -0.941. The number of aliphatic carboxylic acids is 1. The molecule has 1 aromatic rings. The van der Waals surface area contributed by atoms with E-state index in [2.05, 4.69) is 5.32 Å². The lowest BCUT2D eigenvalue weighted by molar-refractivity contribution is -0.142. The van der Waals surface area contributed by atoms with Gasteiger partial charge in [-0.25, -0.2) is 4.79 Å². The van der Waals surface area contributed by atoms with Gasteiger partial charge >= 0.3 is 5.97 Å². The van der Waals surface area contributed by atoms with E-state index in [1.807, 2.05) is 30.3 Å². The summed E-state index contributed by atoms with van der Waals surface area (Å²) < 4.78 is 0. The summed E-state index contributed by atoms with van der Waals surface area (Å²) in [6.07, 6.45) is 2.95. The van der Waals surface area contributed by atoms with Crippen molar-refractivity contribution in [2.24, 2.45) is 5.92 Å². The van der Waals surface area contributed by atoms with Crippen molar-refractivity contribution in [3.05, 3.63) is 35.9 Å². The predicted molar refractivity (Wildman–Crippen MR) is 67.1 cm³/mol. The number of carboxylic acids is 1. The zero-order valence-corrected chi connectivity index (χ0v) is 10.1. The third-order valence-electron chi connectivity index (χ3n) is 3.11. The van der Waals surface area contributed by atoms with Gasteiger partial charge in [0.15, 0.2) is 0 Å². The van der Waals surface area contributed by atoms with Crippen molar-refractivity contribution in [2.75, 3.05) is 0 Å². The van der Waals surface area contributed by atoms with Crippen LogP contribution in [-0.2, 0) is 16.0 Å². The maximum Gasteiger partial charge on any atom is 0.326 e. The molecule has 1 amide bonds. The molecule has 96 valence electrons. The Labute approximate surface area is 106 Å². The molecular weight excluding hydrogens is 230 g/mol.